The van der Waals surface area contributed by atoms with Crippen LogP contribution in [0, 0.1) is 11.8 Å². The molecule has 1 atom stereocenters. The fourth-order valence-corrected chi connectivity index (χ4v) is 2.78. The summed E-state index contributed by atoms with van der Waals surface area (Å²) in [4.78, 5) is 36.9. The van der Waals surface area contributed by atoms with E-state index in [0.29, 0.717) is 22.8 Å². The SMILES string of the molecule is CC(C)C(=O)Nc1ccc(CNC(=O)C(NC(=O)c2ccc(Cl)cc2)C(C)C)cc1. The maximum atomic E-state index is 12.7. The van der Waals surface area contributed by atoms with Crippen LogP contribution in [0.3, 0.4) is 0 Å². The van der Waals surface area contributed by atoms with E-state index < -0.39 is 6.04 Å². The zero-order valence-electron chi connectivity index (χ0n) is 17.7. The molecule has 30 heavy (non-hydrogen) atoms. The Morgan fingerprint density at radius 1 is 0.867 bits per heavy atom. The molecule has 2 rings (SSSR count). The Bertz CT molecular complexity index is 878. The van der Waals surface area contributed by atoms with Crippen molar-refractivity contribution in [2.75, 3.05) is 5.32 Å². The molecule has 0 aromatic heterocycles. The molecule has 0 fully saturated rings. The van der Waals surface area contributed by atoms with Gasteiger partial charge in [-0.3, -0.25) is 14.4 Å². The van der Waals surface area contributed by atoms with Crippen molar-refractivity contribution in [2.45, 2.75) is 40.3 Å². The number of carbonyl (C=O) groups excluding carboxylic acids is 3. The minimum atomic E-state index is -0.669. The molecular weight excluding hydrogens is 402 g/mol. The third-order valence-electron chi connectivity index (χ3n) is 4.55. The van der Waals surface area contributed by atoms with E-state index in [-0.39, 0.29) is 29.6 Å². The van der Waals surface area contributed by atoms with Gasteiger partial charge in [-0.2, -0.15) is 0 Å². The van der Waals surface area contributed by atoms with Gasteiger partial charge < -0.3 is 16.0 Å². The van der Waals surface area contributed by atoms with Crippen molar-refractivity contribution >= 4 is 35.0 Å². The second-order valence-corrected chi connectivity index (χ2v) is 8.20. The van der Waals surface area contributed by atoms with E-state index in [0.717, 1.165) is 5.56 Å². The molecule has 0 bridgehead atoms. The first-order chi connectivity index (χ1) is 14.2. The third-order valence-corrected chi connectivity index (χ3v) is 4.81. The minimum Gasteiger partial charge on any atom is -0.350 e. The van der Waals surface area contributed by atoms with Crippen LogP contribution in [-0.4, -0.2) is 23.8 Å². The Labute approximate surface area is 182 Å². The molecule has 2 aromatic carbocycles. The largest absolute Gasteiger partial charge is 0.350 e. The van der Waals surface area contributed by atoms with Crippen LogP contribution in [0.2, 0.25) is 5.02 Å². The topological polar surface area (TPSA) is 87.3 Å². The number of halogens is 1. The van der Waals surface area contributed by atoms with Crippen LogP contribution < -0.4 is 16.0 Å². The van der Waals surface area contributed by atoms with Crippen LogP contribution in [0.15, 0.2) is 48.5 Å². The Kier molecular flexibility index (Phi) is 8.42. The van der Waals surface area contributed by atoms with Gasteiger partial charge in [-0.15, -0.1) is 0 Å². The van der Waals surface area contributed by atoms with Gasteiger partial charge >= 0.3 is 0 Å². The number of benzene rings is 2. The summed E-state index contributed by atoms with van der Waals surface area (Å²) in [5.74, 6) is -0.822. The number of nitrogens with one attached hydrogen (secondary N) is 3. The van der Waals surface area contributed by atoms with Crippen LogP contribution in [-0.2, 0) is 16.1 Å². The van der Waals surface area contributed by atoms with E-state index in [9.17, 15) is 14.4 Å². The number of anilines is 1. The van der Waals surface area contributed by atoms with E-state index in [1.165, 1.54) is 0 Å². The summed E-state index contributed by atoms with van der Waals surface area (Å²) >= 11 is 5.85. The van der Waals surface area contributed by atoms with Gasteiger partial charge in [0.2, 0.25) is 11.8 Å². The zero-order valence-corrected chi connectivity index (χ0v) is 18.4. The first kappa shape index (κ1) is 23.4. The average molecular weight is 430 g/mol. The highest BCUT2D eigenvalue weighted by Crippen LogP contribution is 2.13. The Hall–Kier alpha value is -2.86. The van der Waals surface area contributed by atoms with E-state index in [2.05, 4.69) is 16.0 Å². The van der Waals surface area contributed by atoms with Gasteiger partial charge in [0.05, 0.1) is 0 Å². The second kappa shape index (κ2) is 10.8. The van der Waals surface area contributed by atoms with Crippen molar-refractivity contribution in [2.24, 2.45) is 11.8 Å². The summed E-state index contributed by atoms with van der Waals surface area (Å²) < 4.78 is 0. The lowest BCUT2D eigenvalue weighted by Crippen LogP contribution is -2.49. The molecule has 0 radical (unpaired) electrons. The molecule has 0 aliphatic rings. The first-order valence-electron chi connectivity index (χ1n) is 9.91. The lowest BCUT2D eigenvalue weighted by atomic mass is 10.0. The van der Waals surface area contributed by atoms with Gasteiger partial charge in [-0.05, 0) is 47.9 Å². The van der Waals surface area contributed by atoms with Crippen LogP contribution in [0.5, 0.6) is 0 Å². The fourth-order valence-electron chi connectivity index (χ4n) is 2.65. The van der Waals surface area contributed by atoms with Crippen LogP contribution in [0.1, 0.15) is 43.6 Å². The molecule has 0 heterocycles. The van der Waals surface area contributed by atoms with Gasteiger partial charge in [0.25, 0.3) is 5.91 Å². The zero-order chi connectivity index (χ0) is 22.3. The predicted octanol–water partition coefficient (Wildman–Crippen LogP) is 4.01. The molecule has 0 saturated heterocycles. The summed E-state index contributed by atoms with van der Waals surface area (Å²) in [6.45, 7) is 7.72. The van der Waals surface area contributed by atoms with Crippen LogP contribution >= 0.6 is 11.6 Å². The number of rotatable bonds is 8. The summed E-state index contributed by atoms with van der Waals surface area (Å²) in [6, 6.07) is 13.1. The monoisotopic (exact) mass is 429 g/mol. The first-order valence-corrected chi connectivity index (χ1v) is 10.3. The fraction of sp³-hybridized carbons (Fsp3) is 0.348. The van der Waals surface area contributed by atoms with Crippen molar-refractivity contribution < 1.29 is 14.4 Å². The molecule has 2 aromatic rings. The second-order valence-electron chi connectivity index (χ2n) is 7.76. The van der Waals surface area contributed by atoms with Gasteiger partial charge in [-0.1, -0.05) is 51.4 Å². The molecule has 1 unspecified atom stereocenters. The normalized spacial score (nSPS) is 11.8. The maximum Gasteiger partial charge on any atom is 0.251 e. The van der Waals surface area contributed by atoms with Crippen molar-refractivity contribution in [3.8, 4) is 0 Å². The molecule has 6 nitrogen and oxygen atoms in total. The summed E-state index contributed by atoms with van der Waals surface area (Å²) in [5.41, 5.74) is 2.04. The molecular formula is C23H28ClN3O3. The molecule has 7 heteroatoms. The van der Waals surface area contributed by atoms with Crippen molar-refractivity contribution in [1.82, 2.24) is 10.6 Å². The Morgan fingerprint density at radius 3 is 2.00 bits per heavy atom. The molecule has 3 amide bonds. The maximum absolute atomic E-state index is 12.7. The van der Waals surface area contributed by atoms with Gasteiger partial charge in [-0.25, -0.2) is 0 Å². The van der Waals surface area contributed by atoms with Gasteiger partial charge in [0.15, 0.2) is 0 Å². The van der Waals surface area contributed by atoms with Gasteiger partial charge in [0.1, 0.15) is 6.04 Å². The van der Waals surface area contributed by atoms with E-state index in [1.807, 2.05) is 39.8 Å². The van der Waals surface area contributed by atoms with Gasteiger partial charge in [0, 0.05) is 28.7 Å². The lowest BCUT2D eigenvalue weighted by molar-refractivity contribution is -0.124. The number of hydrogen-bond donors (Lipinski definition) is 3. The van der Waals surface area contributed by atoms with Crippen molar-refractivity contribution in [3.63, 3.8) is 0 Å². The standard InChI is InChI=1S/C23H28ClN3O3/c1-14(2)20(27-22(29)17-7-9-18(24)10-8-17)23(30)25-13-16-5-11-19(12-6-16)26-21(28)15(3)4/h5-12,14-15,20H,13H2,1-4H3,(H,25,30)(H,26,28)(H,27,29). The molecule has 0 spiro atoms. The molecule has 0 aliphatic carbocycles. The van der Waals surface area contributed by atoms with Crippen molar-refractivity contribution in [3.05, 3.63) is 64.7 Å². The quantitative estimate of drug-likeness (QED) is 0.592. The Morgan fingerprint density at radius 2 is 1.47 bits per heavy atom. The number of amides is 3. The number of hydrogen-bond acceptors (Lipinski definition) is 3. The smallest absolute Gasteiger partial charge is 0.251 e. The van der Waals surface area contributed by atoms with Crippen molar-refractivity contribution in [1.29, 1.82) is 0 Å². The summed E-state index contributed by atoms with van der Waals surface area (Å²) in [5, 5.41) is 9.02. The highest BCUT2D eigenvalue weighted by atomic mass is 35.5. The average Bonchev–Trinajstić information content (AvgIpc) is 2.71. The minimum absolute atomic E-state index is 0.0488. The third kappa shape index (κ3) is 6.88. The highest BCUT2D eigenvalue weighted by molar-refractivity contribution is 6.30. The molecule has 0 aliphatic heterocycles. The Balaban J connectivity index is 1.94. The summed E-state index contributed by atoms with van der Waals surface area (Å²) in [7, 11) is 0. The van der Waals surface area contributed by atoms with E-state index in [1.54, 1.807) is 36.4 Å². The predicted molar refractivity (Wildman–Crippen MR) is 119 cm³/mol. The van der Waals surface area contributed by atoms with Crippen LogP contribution in [0.4, 0.5) is 5.69 Å². The number of carbonyl (C=O) groups is 3. The van der Waals surface area contributed by atoms with Crippen LogP contribution in [0.25, 0.3) is 0 Å². The molecule has 160 valence electrons. The lowest BCUT2D eigenvalue weighted by Gasteiger charge is -2.22. The van der Waals surface area contributed by atoms with E-state index in [4.69, 9.17) is 11.6 Å². The highest BCUT2D eigenvalue weighted by Gasteiger charge is 2.24. The van der Waals surface area contributed by atoms with E-state index >= 15 is 0 Å². The molecule has 0 saturated carbocycles. The summed E-state index contributed by atoms with van der Waals surface area (Å²) in [6.07, 6.45) is 0. The molecule has 3 N–H and O–H groups in total.